The number of halogens is 1. The second-order valence-electron chi connectivity index (χ2n) is 5.49. The minimum absolute atomic E-state index is 0.0703. The zero-order chi connectivity index (χ0) is 17.8. The maximum atomic E-state index is 12.1. The normalized spacial score (nSPS) is 12.8. The van der Waals surface area contributed by atoms with Crippen LogP contribution in [0.4, 0.5) is 11.4 Å². The van der Waals surface area contributed by atoms with E-state index < -0.39 is 0 Å². The van der Waals surface area contributed by atoms with E-state index in [1.54, 1.807) is 47.4 Å². The maximum Gasteiger partial charge on any atom is 0.262 e. The summed E-state index contributed by atoms with van der Waals surface area (Å²) in [7, 11) is 0. The van der Waals surface area contributed by atoms with Crippen LogP contribution in [0.5, 0.6) is 11.5 Å². The van der Waals surface area contributed by atoms with Crippen LogP contribution in [0.25, 0.3) is 0 Å². The van der Waals surface area contributed by atoms with Gasteiger partial charge in [-0.25, -0.2) is 0 Å². The van der Waals surface area contributed by atoms with E-state index in [1.165, 1.54) is 6.92 Å². The molecule has 2 amide bonds. The van der Waals surface area contributed by atoms with Gasteiger partial charge >= 0.3 is 0 Å². The number of ether oxygens (including phenoxy) is 2. The first-order valence-corrected chi connectivity index (χ1v) is 8.14. The highest BCUT2D eigenvalue weighted by atomic mass is 35.5. The molecule has 1 aliphatic rings. The fourth-order valence-corrected chi connectivity index (χ4v) is 2.63. The maximum absolute atomic E-state index is 12.1. The van der Waals surface area contributed by atoms with Gasteiger partial charge in [-0.3, -0.25) is 9.59 Å². The number of anilines is 2. The molecular weight excluding hydrogens is 344 g/mol. The van der Waals surface area contributed by atoms with E-state index in [-0.39, 0.29) is 18.4 Å². The topological polar surface area (TPSA) is 67.9 Å². The first kappa shape index (κ1) is 17.1. The predicted octanol–water partition coefficient (Wildman–Crippen LogP) is 3.10. The van der Waals surface area contributed by atoms with Crippen molar-refractivity contribution in [3.8, 4) is 11.5 Å². The summed E-state index contributed by atoms with van der Waals surface area (Å²) in [6.45, 7) is 2.30. The minimum Gasteiger partial charge on any atom is -0.490 e. The average molecular weight is 361 g/mol. The van der Waals surface area contributed by atoms with Crippen molar-refractivity contribution in [3.63, 3.8) is 0 Å². The number of nitrogens with zero attached hydrogens (tertiary/aromatic N) is 1. The Labute approximate surface area is 150 Å². The standard InChI is InChI=1S/C18H17ClN2O4/c1-12(22)21-8-9-24-17-7-4-14(10-16(17)21)20-18(23)11-25-15-5-2-13(19)3-6-15/h2-7,10H,8-9,11H2,1H3,(H,20,23). The molecule has 0 unspecified atom stereocenters. The smallest absolute Gasteiger partial charge is 0.262 e. The number of rotatable bonds is 4. The zero-order valence-electron chi connectivity index (χ0n) is 13.6. The highest BCUT2D eigenvalue weighted by Crippen LogP contribution is 2.34. The molecule has 0 radical (unpaired) electrons. The Bertz CT molecular complexity index is 792. The Morgan fingerprint density at radius 2 is 2.00 bits per heavy atom. The first-order valence-electron chi connectivity index (χ1n) is 7.76. The number of carbonyl (C=O) groups is 2. The fourth-order valence-electron chi connectivity index (χ4n) is 2.50. The number of hydrogen-bond donors (Lipinski definition) is 1. The molecule has 0 saturated heterocycles. The van der Waals surface area contributed by atoms with Crippen molar-refractivity contribution in [2.24, 2.45) is 0 Å². The molecule has 6 nitrogen and oxygen atoms in total. The summed E-state index contributed by atoms with van der Waals surface area (Å²) in [5.74, 6) is 0.804. The van der Waals surface area contributed by atoms with E-state index in [9.17, 15) is 9.59 Å². The summed E-state index contributed by atoms with van der Waals surface area (Å²) in [5.41, 5.74) is 1.22. The van der Waals surface area contributed by atoms with Gasteiger partial charge in [-0.1, -0.05) is 11.6 Å². The summed E-state index contributed by atoms with van der Waals surface area (Å²) in [4.78, 5) is 25.4. The van der Waals surface area contributed by atoms with Gasteiger partial charge in [-0.15, -0.1) is 0 Å². The van der Waals surface area contributed by atoms with Crippen molar-refractivity contribution >= 4 is 34.8 Å². The van der Waals surface area contributed by atoms with Crippen molar-refractivity contribution in [2.45, 2.75) is 6.92 Å². The number of carbonyl (C=O) groups excluding carboxylic acids is 2. The van der Waals surface area contributed by atoms with Crippen molar-refractivity contribution in [1.82, 2.24) is 0 Å². The van der Waals surface area contributed by atoms with Gasteiger partial charge in [0.25, 0.3) is 5.91 Å². The van der Waals surface area contributed by atoms with E-state index in [4.69, 9.17) is 21.1 Å². The van der Waals surface area contributed by atoms with Crippen LogP contribution in [0.15, 0.2) is 42.5 Å². The Morgan fingerprint density at radius 3 is 2.72 bits per heavy atom. The summed E-state index contributed by atoms with van der Waals surface area (Å²) in [6.07, 6.45) is 0. The molecule has 1 heterocycles. The van der Waals surface area contributed by atoms with E-state index in [0.29, 0.717) is 41.0 Å². The van der Waals surface area contributed by atoms with Crippen LogP contribution < -0.4 is 19.7 Å². The molecule has 3 rings (SSSR count). The number of nitrogens with one attached hydrogen (secondary N) is 1. The Hall–Kier alpha value is -2.73. The lowest BCUT2D eigenvalue weighted by molar-refractivity contribution is -0.118. The highest BCUT2D eigenvalue weighted by molar-refractivity contribution is 6.30. The van der Waals surface area contributed by atoms with Crippen LogP contribution in [-0.4, -0.2) is 31.6 Å². The average Bonchev–Trinajstić information content (AvgIpc) is 2.60. The number of benzene rings is 2. The first-order chi connectivity index (χ1) is 12.0. The molecule has 25 heavy (non-hydrogen) atoms. The van der Waals surface area contributed by atoms with Crippen molar-refractivity contribution in [3.05, 3.63) is 47.5 Å². The van der Waals surface area contributed by atoms with Crippen LogP contribution in [-0.2, 0) is 9.59 Å². The lowest BCUT2D eigenvalue weighted by Gasteiger charge is -2.29. The van der Waals surface area contributed by atoms with Gasteiger partial charge < -0.3 is 19.7 Å². The molecule has 1 N–H and O–H groups in total. The van der Waals surface area contributed by atoms with E-state index in [0.717, 1.165) is 0 Å². The second-order valence-corrected chi connectivity index (χ2v) is 5.93. The van der Waals surface area contributed by atoms with Gasteiger partial charge in [-0.05, 0) is 42.5 Å². The van der Waals surface area contributed by atoms with Gasteiger partial charge in [0.05, 0.1) is 12.2 Å². The molecular formula is C18H17ClN2O4. The third-order valence-corrected chi connectivity index (χ3v) is 3.92. The zero-order valence-corrected chi connectivity index (χ0v) is 14.4. The molecule has 0 bridgehead atoms. The monoisotopic (exact) mass is 360 g/mol. The molecule has 2 aromatic rings. The molecule has 0 spiro atoms. The van der Waals surface area contributed by atoms with Gasteiger partial charge in [0.2, 0.25) is 5.91 Å². The summed E-state index contributed by atoms with van der Waals surface area (Å²) >= 11 is 5.80. The Morgan fingerprint density at radius 1 is 1.24 bits per heavy atom. The molecule has 0 fully saturated rings. The lowest BCUT2D eigenvalue weighted by Crippen LogP contribution is -2.36. The summed E-state index contributed by atoms with van der Waals surface area (Å²) in [5, 5.41) is 3.35. The van der Waals surface area contributed by atoms with Crippen LogP contribution in [0.2, 0.25) is 5.02 Å². The fraction of sp³-hybridized carbons (Fsp3) is 0.222. The number of amides is 2. The van der Waals surface area contributed by atoms with E-state index in [1.807, 2.05) is 0 Å². The van der Waals surface area contributed by atoms with Gasteiger partial charge in [0.15, 0.2) is 6.61 Å². The van der Waals surface area contributed by atoms with Crippen molar-refractivity contribution in [2.75, 3.05) is 30.0 Å². The van der Waals surface area contributed by atoms with Crippen LogP contribution in [0, 0.1) is 0 Å². The number of fused-ring (bicyclic) bond motifs is 1. The summed E-state index contributed by atoms with van der Waals surface area (Å²) in [6, 6.07) is 11.9. The van der Waals surface area contributed by atoms with Crippen molar-refractivity contribution in [1.29, 1.82) is 0 Å². The third-order valence-electron chi connectivity index (χ3n) is 3.67. The molecule has 0 atom stereocenters. The molecule has 7 heteroatoms. The van der Waals surface area contributed by atoms with Crippen LogP contribution in [0.1, 0.15) is 6.92 Å². The van der Waals surface area contributed by atoms with E-state index in [2.05, 4.69) is 5.32 Å². The molecule has 0 aliphatic carbocycles. The predicted molar refractivity (Wildman–Crippen MR) is 95.5 cm³/mol. The largest absolute Gasteiger partial charge is 0.490 e. The summed E-state index contributed by atoms with van der Waals surface area (Å²) < 4.78 is 10.9. The third kappa shape index (κ3) is 4.22. The van der Waals surface area contributed by atoms with Gasteiger partial charge in [0, 0.05) is 17.6 Å². The highest BCUT2D eigenvalue weighted by Gasteiger charge is 2.21. The van der Waals surface area contributed by atoms with Gasteiger partial charge in [0.1, 0.15) is 18.1 Å². The van der Waals surface area contributed by atoms with Crippen LogP contribution >= 0.6 is 11.6 Å². The lowest BCUT2D eigenvalue weighted by atomic mass is 10.2. The SMILES string of the molecule is CC(=O)N1CCOc2ccc(NC(=O)COc3ccc(Cl)cc3)cc21. The Kier molecular flexibility index (Phi) is 5.09. The van der Waals surface area contributed by atoms with Crippen molar-refractivity contribution < 1.29 is 19.1 Å². The minimum atomic E-state index is -0.305. The molecule has 0 aromatic heterocycles. The Balaban J connectivity index is 1.64. The molecule has 130 valence electrons. The molecule has 0 saturated carbocycles. The molecule has 1 aliphatic heterocycles. The molecule has 2 aromatic carbocycles. The van der Waals surface area contributed by atoms with Crippen LogP contribution in [0.3, 0.4) is 0 Å². The second kappa shape index (κ2) is 7.44. The number of hydrogen-bond acceptors (Lipinski definition) is 4. The quantitative estimate of drug-likeness (QED) is 0.909. The van der Waals surface area contributed by atoms with E-state index >= 15 is 0 Å². The van der Waals surface area contributed by atoms with Gasteiger partial charge in [-0.2, -0.15) is 0 Å².